The zero-order chi connectivity index (χ0) is 15.3. The minimum absolute atomic E-state index is 0.113. The molecule has 22 heavy (non-hydrogen) atoms. The highest BCUT2D eigenvalue weighted by Gasteiger charge is 2.31. The number of hydrogen-bond acceptors (Lipinski definition) is 3. The molecule has 5 nitrogen and oxygen atoms in total. The molecule has 0 aromatic carbocycles. The van der Waals surface area contributed by atoms with E-state index in [0.29, 0.717) is 22.8 Å². The fourth-order valence-corrected chi connectivity index (χ4v) is 2.68. The summed E-state index contributed by atoms with van der Waals surface area (Å²) in [7, 11) is 0. The molecule has 6 heteroatoms. The Kier molecular flexibility index (Phi) is 2.72. The normalized spacial score (nSPS) is 14.4. The van der Waals surface area contributed by atoms with Gasteiger partial charge in [-0.05, 0) is 31.0 Å². The maximum absolute atomic E-state index is 13.5. The summed E-state index contributed by atoms with van der Waals surface area (Å²) >= 11 is 0. The lowest BCUT2D eigenvalue weighted by atomic mass is 10.1. The summed E-state index contributed by atoms with van der Waals surface area (Å²) in [6, 6.07) is 4.55. The van der Waals surface area contributed by atoms with E-state index >= 15 is 0 Å². The molecule has 0 radical (unpaired) electrons. The predicted octanol–water partition coefficient (Wildman–Crippen LogP) is 3.11. The monoisotopic (exact) mass is 297 g/mol. The first-order chi connectivity index (χ1) is 10.6. The summed E-state index contributed by atoms with van der Waals surface area (Å²) in [6.45, 7) is 0. The molecule has 3 aromatic heterocycles. The van der Waals surface area contributed by atoms with Gasteiger partial charge in [-0.25, -0.2) is 14.2 Å². The number of hydrogen-bond donors (Lipinski definition) is 1. The number of pyridine rings is 2. The van der Waals surface area contributed by atoms with E-state index in [1.807, 2.05) is 0 Å². The quantitative estimate of drug-likeness (QED) is 0.806. The molecule has 4 rings (SSSR count). The van der Waals surface area contributed by atoms with Crippen LogP contribution in [-0.2, 0) is 0 Å². The van der Waals surface area contributed by atoms with E-state index in [0.717, 1.165) is 18.5 Å². The van der Waals surface area contributed by atoms with Gasteiger partial charge >= 0.3 is 5.97 Å². The number of nitrogens with zero attached hydrogens (tertiary/aromatic N) is 3. The molecule has 0 spiro atoms. The molecule has 0 amide bonds. The van der Waals surface area contributed by atoms with Gasteiger partial charge in [0.05, 0.1) is 17.0 Å². The van der Waals surface area contributed by atoms with Gasteiger partial charge in [-0.1, -0.05) is 0 Å². The fraction of sp³-hybridized carbons (Fsp3) is 0.188. The van der Waals surface area contributed by atoms with E-state index in [9.17, 15) is 9.18 Å². The maximum Gasteiger partial charge on any atom is 0.337 e. The van der Waals surface area contributed by atoms with Crippen LogP contribution in [0.2, 0.25) is 0 Å². The fourth-order valence-electron chi connectivity index (χ4n) is 2.68. The highest BCUT2D eigenvalue weighted by Crippen LogP contribution is 2.44. The second kappa shape index (κ2) is 4.62. The standard InChI is InChI=1S/C16H12FN3O2/c17-12-3-4-13-19-14(15(9-1-2-9)20(13)8-12)10-5-11(16(21)22)7-18-6-10/h3-9H,1-2H2,(H,21,22). The lowest BCUT2D eigenvalue weighted by Gasteiger charge is -2.04. The molecule has 0 aliphatic heterocycles. The zero-order valence-corrected chi connectivity index (χ0v) is 11.5. The number of aromatic carboxylic acids is 1. The average Bonchev–Trinajstić information content (AvgIpc) is 3.28. The summed E-state index contributed by atoms with van der Waals surface area (Å²) in [4.78, 5) is 19.7. The van der Waals surface area contributed by atoms with Gasteiger partial charge in [-0.2, -0.15) is 0 Å². The van der Waals surface area contributed by atoms with Gasteiger partial charge in [0.2, 0.25) is 0 Å². The van der Waals surface area contributed by atoms with E-state index in [1.54, 1.807) is 22.7 Å². The summed E-state index contributed by atoms with van der Waals surface area (Å²) in [6.07, 6.45) is 6.38. The molecule has 1 fully saturated rings. The van der Waals surface area contributed by atoms with Gasteiger partial charge in [-0.3, -0.25) is 4.98 Å². The number of aromatic nitrogens is 3. The van der Waals surface area contributed by atoms with Crippen LogP contribution in [0, 0.1) is 5.82 Å². The second-order valence-electron chi connectivity index (χ2n) is 5.46. The number of halogens is 1. The highest BCUT2D eigenvalue weighted by atomic mass is 19.1. The van der Waals surface area contributed by atoms with Crippen molar-refractivity contribution in [2.24, 2.45) is 0 Å². The Bertz CT molecular complexity index is 900. The number of carbonyl (C=O) groups is 1. The number of carboxylic acid groups (broad SMARTS) is 1. The van der Waals surface area contributed by atoms with E-state index in [-0.39, 0.29) is 11.4 Å². The molecule has 1 saturated carbocycles. The highest BCUT2D eigenvalue weighted by molar-refractivity contribution is 5.89. The minimum atomic E-state index is -1.03. The van der Waals surface area contributed by atoms with Crippen LogP contribution in [0.1, 0.15) is 34.8 Å². The molecule has 0 bridgehead atoms. The molecule has 1 N–H and O–H groups in total. The summed E-state index contributed by atoms with van der Waals surface area (Å²) in [5, 5.41) is 9.11. The molecule has 3 aromatic rings. The topological polar surface area (TPSA) is 67.5 Å². The Balaban J connectivity index is 1.96. The van der Waals surface area contributed by atoms with Crippen LogP contribution in [-0.4, -0.2) is 25.4 Å². The lowest BCUT2D eigenvalue weighted by molar-refractivity contribution is 0.0696. The second-order valence-corrected chi connectivity index (χ2v) is 5.46. The molecule has 1 aliphatic rings. The first-order valence-corrected chi connectivity index (χ1v) is 6.99. The molecule has 0 atom stereocenters. The molecule has 110 valence electrons. The van der Waals surface area contributed by atoms with Crippen molar-refractivity contribution in [3.63, 3.8) is 0 Å². The van der Waals surface area contributed by atoms with Crippen molar-refractivity contribution in [2.75, 3.05) is 0 Å². The van der Waals surface area contributed by atoms with Gasteiger partial charge in [0.1, 0.15) is 11.5 Å². The van der Waals surface area contributed by atoms with Crippen molar-refractivity contribution in [3.8, 4) is 11.3 Å². The van der Waals surface area contributed by atoms with Gasteiger partial charge in [0.15, 0.2) is 0 Å². The molecule has 0 saturated heterocycles. The first-order valence-electron chi connectivity index (χ1n) is 6.99. The molecule has 1 aliphatic carbocycles. The number of fused-ring (bicyclic) bond motifs is 1. The van der Waals surface area contributed by atoms with Crippen molar-refractivity contribution in [2.45, 2.75) is 18.8 Å². The summed E-state index contributed by atoms with van der Waals surface area (Å²) < 4.78 is 15.3. The van der Waals surface area contributed by atoms with Crippen LogP contribution in [0.15, 0.2) is 36.8 Å². The van der Waals surface area contributed by atoms with E-state index in [4.69, 9.17) is 5.11 Å². The Morgan fingerprint density at radius 1 is 1.32 bits per heavy atom. The van der Waals surface area contributed by atoms with Crippen LogP contribution < -0.4 is 0 Å². The Morgan fingerprint density at radius 3 is 2.86 bits per heavy atom. The van der Waals surface area contributed by atoms with Crippen molar-refractivity contribution >= 4 is 11.6 Å². The number of carboxylic acids is 1. The summed E-state index contributed by atoms with van der Waals surface area (Å²) in [5.41, 5.74) is 3.02. The Labute approximate surface area is 125 Å². The Hall–Kier alpha value is -2.76. The van der Waals surface area contributed by atoms with Gasteiger partial charge in [-0.15, -0.1) is 0 Å². The van der Waals surface area contributed by atoms with Crippen LogP contribution in [0.25, 0.3) is 16.9 Å². The van der Waals surface area contributed by atoms with Crippen molar-refractivity contribution in [1.29, 1.82) is 0 Å². The van der Waals surface area contributed by atoms with Gasteiger partial charge in [0.25, 0.3) is 0 Å². The van der Waals surface area contributed by atoms with Gasteiger partial charge < -0.3 is 9.51 Å². The van der Waals surface area contributed by atoms with Crippen molar-refractivity contribution < 1.29 is 14.3 Å². The van der Waals surface area contributed by atoms with Gasteiger partial charge in [0, 0.05) is 30.1 Å². The van der Waals surface area contributed by atoms with Crippen molar-refractivity contribution in [1.82, 2.24) is 14.4 Å². The first kappa shape index (κ1) is 12.9. The van der Waals surface area contributed by atoms with Crippen LogP contribution in [0.5, 0.6) is 0 Å². The van der Waals surface area contributed by atoms with Crippen molar-refractivity contribution in [3.05, 3.63) is 53.9 Å². The Morgan fingerprint density at radius 2 is 2.14 bits per heavy atom. The largest absolute Gasteiger partial charge is 0.478 e. The SMILES string of the molecule is O=C(O)c1cncc(-c2nc3ccc(F)cn3c2C2CC2)c1. The van der Waals surface area contributed by atoms with E-state index in [1.165, 1.54) is 18.5 Å². The van der Waals surface area contributed by atoms with Crippen LogP contribution >= 0.6 is 0 Å². The lowest BCUT2D eigenvalue weighted by Crippen LogP contribution is -1.98. The molecule has 0 unspecified atom stereocenters. The number of rotatable bonds is 3. The van der Waals surface area contributed by atoms with E-state index in [2.05, 4.69) is 9.97 Å². The van der Waals surface area contributed by atoms with Crippen LogP contribution in [0.3, 0.4) is 0 Å². The maximum atomic E-state index is 13.5. The third-order valence-electron chi connectivity index (χ3n) is 3.84. The van der Waals surface area contributed by atoms with Crippen LogP contribution in [0.4, 0.5) is 4.39 Å². The molecule has 3 heterocycles. The minimum Gasteiger partial charge on any atom is -0.478 e. The average molecular weight is 297 g/mol. The van der Waals surface area contributed by atoms with E-state index < -0.39 is 5.97 Å². The predicted molar refractivity (Wildman–Crippen MR) is 77.3 cm³/mol. The smallest absolute Gasteiger partial charge is 0.337 e. The molecular formula is C16H12FN3O2. The third kappa shape index (κ3) is 2.04. The third-order valence-corrected chi connectivity index (χ3v) is 3.84. The number of imidazole rings is 1. The molecular weight excluding hydrogens is 285 g/mol. The summed E-state index contributed by atoms with van der Waals surface area (Å²) in [5.74, 6) is -1.02. The zero-order valence-electron chi connectivity index (χ0n) is 11.5.